The molecule has 1 aliphatic heterocycles. The largest absolute Gasteiger partial charge is 0.343 e. The van der Waals surface area contributed by atoms with Crippen LogP contribution in [-0.2, 0) is 9.59 Å². The van der Waals surface area contributed by atoms with Crippen LogP contribution < -0.4 is 10.6 Å². The molecule has 2 aromatic rings. The summed E-state index contributed by atoms with van der Waals surface area (Å²) in [6.07, 6.45) is 1.79. The number of amides is 4. The summed E-state index contributed by atoms with van der Waals surface area (Å²) in [6.45, 7) is 1.37. The van der Waals surface area contributed by atoms with Crippen LogP contribution in [0.25, 0.3) is 0 Å². The zero-order chi connectivity index (χ0) is 19.9. The highest BCUT2D eigenvalue weighted by molar-refractivity contribution is 7.10. The smallest absolute Gasteiger partial charge is 0.325 e. The number of benzene rings is 1. The van der Waals surface area contributed by atoms with Gasteiger partial charge in [0.15, 0.2) is 0 Å². The van der Waals surface area contributed by atoms with E-state index < -0.39 is 23.5 Å². The van der Waals surface area contributed by atoms with E-state index in [1.54, 1.807) is 19.1 Å². The molecule has 2 atom stereocenters. The molecular formula is C20H20FN3O3S. The van der Waals surface area contributed by atoms with Gasteiger partial charge in [0.05, 0.1) is 6.04 Å². The molecule has 2 fully saturated rings. The molecule has 4 rings (SSSR count). The number of rotatable bonds is 6. The molecular weight excluding hydrogens is 381 g/mol. The predicted molar refractivity (Wildman–Crippen MR) is 102 cm³/mol. The molecule has 2 N–H and O–H groups in total. The highest BCUT2D eigenvalue weighted by Crippen LogP contribution is 2.42. The maximum absolute atomic E-state index is 13.3. The Bertz CT molecular complexity index is 911. The number of nitrogens with zero attached hydrogens (tertiary/aromatic N) is 1. The van der Waals surface area contributed by atoms with E-state index in [0.717, 1.165) is 28.2 Å². The number of nitrogens with one attached hydrogen (secondary N) is 2. The summed E-state index contributed by atoms with van der Waals surface area (Å²) < 4.78 is 13.3. The number of urea groups is 1. The fourth-order valence-electron chi connectivity index (χ4n) is 3.58. The Kier molecular flexibility index (Phi) is 4.66. The number of hydrogen-bond acceptors (Lipinski definition) is 4. The molecule has 2 aliphatic rings. The van der Waals surface area contributed by atoms with Crippen LogP contribution >= 0.6 is 11.3 Å². The summed E-state index contributed by atoms with van der Waals surface area (Å²) in [5, 5.41) is 7.49. The monoisotopic (exact) mass is 401 g/mol. The average molecular weight is 401 g/mol. The molecule has 146 valence electrons. The van der Waals surface area contributed by atoms with Crippen molar-refractivity contribution in [1.29, 1.82) is 0 Å². The van der Waals surface area contributed by atoms with Crippen LogP contribution in [0.1, 0.15) is 36.2 Å². The number of halogens is 1. The minimum Gasteiger partial charge on any atom is -0.343 e. The zero-order valence-electron chi connectivity index (χ0n) is 15.3. The van der Waals surface area contributed by atoms with Gasteiger partial charge in [-0.25, -0.2) is 9.18 Å². The standard InChI is InChI=1S/C20H20FN3O3S/c1-20(13-6-7-13)18(26)24(19(27)23-20)11-16(25)22-17(15-3-2-10-28-15)12-4-8-14(21)9-5-12/h2-5,8-10,13,17H,6-7,11H2,1H3,(H,22,25)(H,23,27)/t17-,20+/m0/s1. The van der Waals surface area contributed by atoms with Crippen molar-refractivity contribution in [2.75, 3.05) is 6.54 Å². The van der Waals surface area contributed by atoms with E-state index in [0.29, 0.717) is 0 Å². The normalized spacial score (nSPS) is 22.9. The molecule has 1 saturated heterocycles. The number of carbonyl (C=O) groups excluding carboxylic acids is 3. The molecule has 0 unspecified atom stereocenters. The molecule has 1 aromatic carbocycles. The lowest BCUT2D eigenvalue weighted by Crippen LogP contribution is -2.47. The second kappa shape index (κ2) is 7.01. The Morgan fingerprint density at radius 1 is 1.32 bits per heavy atom. The van der Waals surface area contributed by atoms with E-state index >= 15 is 0 Å². The third-order valence-corrected chi connectivity index (χ3v) is 6.27. The minimum absolute atomic E-state index is 0.134. The van der Waals surface area contributed by atoms with Crippen LogP contribution in [-0.4, -0.2) is 34.8 Å². The van der Waals surface area contributed by atoms with Crippen molar-refractivity contribution < 1.29 is 18.8 Å². The van der Waals surface area contributed by atoms with Crippen molar-refractivity contribution in [3.05, 3.63) is 58.0 Å². The zero-order valence-corrected chi connectivity index (χ0v) is 16.1. The fourth-order valence-corrected chi connectivity index (χ4v) is 4.38. The van der Waals surface area contributed by atoms with Crippen molar-refractivity contribution >= 4 is 29.2 Å². The van der Waals surface area contributed by atoms with Crippen molar-refractivity contribution in [2.45, 2.75) is 31.3 Å². The molecule has 8 heteroatoms. The molecule has 1 aromatic heterocycles. The van der Waals surface area contributed by atoms with E-state index in [4.69, 9.17) is 0 Å². The first-order valence-corrected chi connectivity index (χ1v) is 9.99. The van der Waals surface area contributed by atoms with Gasteiger partial charge in [-0.15, -0.1) is 11.3 Å². The van der Waals surface area contributed by atoms with Crippen molar-refractivity contribution in [3.8, 4) is 0 Å². The Hall–Kier alpha value is -2.74. The van der Waals surface area contributed by atoms with Gasteiger partial charge < -0.3 is 10.6 Å². The van der Waals surface area contributed by atoms with Crippen molar-refractivity contribution in [3.63, 3.8) is 0 Å². The SMILES string of the molecule is C[C@]1(C2CC2)NC(=O)N(CC(=O)N[C@@H](c2ccc(F)cc2)c2cccs2)C1=O. The van der Waals surface area contributed by atoms with Crippen LogP contribution in [0.3, 0.4) is 0 Å². The lowest BCUT2D eigenvalue weighted by Gasteiger charge is -2.22. The summed E-state index contributed by atoms with van der Waals surface area (Å²) in [7, 11) is 0. The van der Waals surface area contributed by atoms with E-state index in [1.807, 2.05) is 17.5 Å². The molecule has 2 heterocycles. The van der Waals surface area contributed by atoms with Gasteiger partial charge in [-0.2, -0.15) is 0 Å². The van der Waals surface area contributed by atoms with Crippen molar-refractivity contribution in [1.82, 2.24) is 15.5 Å². The van der Waals surface area contributed by atoms with Crippen LogP contribution in [0.4, 0.5) is 9.18 Å². The Morgan fingerprint density at radius 3 is 2.64 bits per heavy atom. The van der Waals surface area contributed by atoms with Crippen LogP contribution in [0.5, 0.6) is 0 Å². The molecule has 1 saturated carbocycles. The van der Waals surface area contributed by atoms with Gasteiger partial charge in [-0.05, 0) is 54.8 Å². The number of carbonyl (C=O) groups is 3. The lowest BCUT2D eigenvalue weighted by molar-refractivity contribution is -0.135. The number of thiophene rings is 1. The maximum Gasteiger partial charge on any atom is 0.325 e. The molecule has 6 nitrogen and oxygen atoms in total. The first-order chi connectivity index (χ1) is 13.4. The van der Waals surface area contributed by atoms with Gasteiger partial charge in [0.2, 0.25) is 5.91 Å². The highest BCUT2D eigenvalue weighted by atomic mass is 32.1. The molecule has 0 bridgehead atoms. The first kappa shape index (κ1) is 18.6. The molecule has 1 aliphatic carbocycles. The van der Waals surface area contributed by atoms with E-state index in [1.165, 1.54) is 23.5 Å². The molecule has 0 spiro atoms. The third kappa shape index (κ3) is 3.40. The molecule has 0 radical (unpaired) electrons. The quantitative estimate of drug-likeness (QED) is 0.731. The Morgan fingerprint density at radius 2 is 2.04 bits per heavy atom. The third-order valence-electron chi connectivity index (χ3n) is 5.33. The highest BCUT2D eigenvalue weighted by Gasteiger charge is 2.56. The van der Waals surface area contributed by atoms with Crippen LogP contribution in [0, 0.1) is 11.7 Å². The second-order valence-corrected chi connectivity index (χ2v) is 8.34. The van der Waals surface area contributed by atoms with Gasteiger partial charge in [-0.1, -0.05) is 18.2 Å². The van der Waals surface area contributed by atoms with Gasteiger partial charge in [-0.3, -0.25) is 14.5 Å². The summed E-state index contributed by atoms with van der Waals surface area (Å²) in [5.41, 5.74) is -0.196. The fraction of sp³-hybridized carbons (Fsp3) is 0.350. The van der Waals surface area contributed by atoms with E-state index in [9.17, 15) is 18.8 Å². The summed E-state index contributed by atoms with van der Waals surface area (Å²) >= 11 is 1.46. The average Bonchev–Trinajstić information content (AvgIpc) is 3.35. The van der Waals surface area contributed by atoms with Gasteiger partial charge >= 0.3 is 6.03 Å². The Labute approximate surface area is 165 Å². The first-order valence-electron chi connectivity index (χ1n) is 9.11. The van der Waals surface area contributed by atoms with Crippen LogP contribution in [0.2, 0.25) is 0 Å². The predicted octanol–water partition coefficient (Wildman–Crippen LogP) is 2.81. The summed E-state index contributed by atoms with van der Waals surface area (Å²) in [6, 6.07) is 8.60. The van der Waals surface area contributed by atoms with Gasteiger partial charge in [0, 0.05) is 4.88 Å². The van der Waals surface area contributed by atoms with Crippen molar-refractivity contribution in [2.24, 2.45) is 5.92 Å². The summed E-state index contributed by atoms with van der Waals surface area (Å²) in [5.74, 6) is -1.04. The van der Waals surface area contributed by atoms with E-state index in [-0.39, 0.29) is 24.2 Å². The second-order valence-electron chi connectivity index (χ2n) is 7.37. The topological polar surface area (TPSA) is 78.5 Å². The molecule has 28 heavy (non-hydrogen) atoms. The van der Waals surface area contributed by atoms with Gasteiger partial charge in [0.25, 0.3) is 5.91 Å². The molecule has 4 amide bonds. The Balaban J connectivity index is 1.50. The number of hydrogen-bond donors (Lipinski definition) is 2. The minimum atomic E-state index is -0.915. The summed E-state index contributed by atoms with van der Waals surface area (Å²) in [4.78, 5) is 39.5. The van der Waals surface area contributed by atoms with E-state index in [2.05, 4.69) is 10.6 Å². The number of imide groups is 1. The maximum atomic E-state index is 13.3. The van der Waals surface area contributed by atoms with Gasteiger partial charge in [0.1, 0.15) is 17.9 Å². The lowest BCUT2D eigenvalue weighted by atomic mass is 9.96. The van der Waals surface area contributed by atoms with Crippen LogP contribution in [0.15, 0.2) is 41.8 Å².